The maximum Gasteiger partial charge on any atom is 0.232 e. The van der Waals surface area contributed by atoms with Gasteiger partial charge in [-0.25, -0.2) is 9.38 Å². The minimum absolute atomic E-state index is 0.000707. The fourth-order valence-corrected chi connectivity index (χ4v) is 4.32. The fourth-order valence-electron chi connectivity index (χ4n) is 4.32. The molecular formula is C25H29FN4O2. The summed E-state index contributed by atoms with van der Waals surface area (Å²) < 4.78 is 14.7. The Labute approximate surface area is 187 Å². The molecule has 0 spiro atoms. The molecule has 1 saturated heterocycles. The van der Waals surface area contributed by atoms with Crippen molar-refractivity contribution in [2.24, 2.45) is 16.6 Å². The Morgan fingerprint density at radius 1 is 1.16 bits per heavy atom. The van der Waals surface area contributed by atoms with Crippen molar-refractivity contribution in [3.8, 4) is 0 Å². The number of anilines is 1. The van der Waals surface area contributed by atoms with E-state index in [4.69, 9.17) is 5.73 Å². The molecule has 2 aromatic carbocycles. The Morgan fingerprint density at radius 3 is 2.53 bits per heavy atom. The van der Waals surface area contributed by atoms with Gasteiger partial charge >= 0.3 is 0 Å². The SMILES string of the molecule is CC(C)[C@]1(C)CC(=O)N(Cc2cc(N3C[C@@H](c4ccccc4)CC3=O)ccc2F)C(N)=N1. The predicted octanol–water partition coefficient (Wildman–Crippen LogP) is 3.81. The van der Waals surface area contributed by atoms with Gasteiger partial charge in [0.1, 0.15) is 5.82 Å². The minimum Gasteiger partial charge on any atom is -0.369 e. The zero-order valence-electron chi connectivity index (χ0n) is 18.7. The molecule has 7 heteroatoms. The van der Waals surface area contributed by atoms with Gasteiger partial charge in [0.2, 0.25) is 11.8 Å². The maximum absolute atomic E-state index is 14.7. The molecule has 0 aromatic heterocycles. The van der Waals surface area contributed by atoms with Crippen molar-refractivity contribution >= 4 is 23.5 Å². The van der Waals surface area contributed by atoms with E-state index in [1.165, 1.54) is 11.0 Å². The molecule has 6 nitrogen and oxygen atoms in total. The number of carbonyl (C=O) groups is 2. The van der Waals surface area contributed by atoms with Crippen LogP contribution in [0.2, 0.25) is 0 Å². The number of nitrogens with two attached hydrogens (primary N) is 1. The quantitative estimate of drug-likeness (QED) is 0.774. The summed E-state index contributed by atoms with van der Waals surface area (Å²) >= 11 is 0. The predicted molar refractivity (Wildman–Crippen MR) is 123 cm³/mol. The third-order valence-electron chi connectivity index (χ3n) is 6.77. The van der Waals surface area contributed by atoms with Crippen LogP contribution in [0.25, 0.3) is 0 Å². The van der Waals surface area contributed by atoms with Crippen molar-refractivity contribution < 1.29 is 14.0 Å². The summed E-state index contributed by atoms with van der Waals surface area (Å²) in [6.45, 7) is 6.42. The first-order valence-corrected chi connectivity index (χ1v) is 11.0. The van der Waals surface area contributed by atoms with Gasteiger partial charge in [-0.05, 0) is 36.6 Å². The molecule has 0 aliphatic carbocycles. The summed E-state index contributed by atoms with van der Waals surface area (Å²) in [7, 11) is 0. The average Bonchev–Trinajstić information content (AvgIpc) is 3.14. The molecule has 0 unspecified atom stereocenters. The number of aliphatic imine (C=N–C) groups is 1. The molecule has 2 heterocycles. The van der Waals surface area contributed by atoms with Gasteiger partial charge in [-0.15, -0.1) is 0 Å². The highest BCUT2D eigenvalue weighted by molar-refractivity contribution is 5.99. The van der Waals surface area contributed by atoms with E-state index in [-0.39, 0.29) is 42.6 Å². The first-order chi connectivity index (χ1) is 15.2. The van der Waals surface area contributed by atoms with Gasteiger partial charge in [0, 0.05) is 30.1 Å². The molecule has 2 aromatic rings. The van der Waals surface area contributed by atoms with E-state index in [9.17, 15) is 14.0 Å². The molecule has 2 amide bonds. The number of hydrogen-bond acceptors (Lipinski definition) is 4. The zero-order valence-corrected chi connectivity index (χ0v) is 18.7. The molecule has 1 fully saturated rings. The third kappa shape index (κ3) is 4.11. The van der Waals surface area contributed by atoms with Crippen LogP contribution in [0.3, 0.4) is 0 Å². The Morgan fingerprint density at radius 2 is 1.88 bits per heavy atom. The van der Waals surface area contributed by atoms with Crippen LogP contribution in [-0.2, 0) is 16.1 Å². The average molecular weight is 437 g/mol. The van der Waals surface area contributed by atoms with Crippen LogP contribution in [0.4, 0.5) is 10.1 Å². The maximum atomic E-state index is 14.7. The lowest BCUT2D eigenvalue weighted by Gasteiger charge is -2.37. The highest BCUT2D eigenvalue weighted by atomic mass is 19.1. The van der Waals surface area contributed by atoms with Gasteiger partial charge in [0.25, 0.3) is 0 Å². The Bertz CT molecular complexity index is 1070. The standard InChI is InChI=1S/C25H29FN4O2/c1-16(2)25(3)13-23(32)30(24(27)28-25)15-19-11-20(9-10-21(19)26)29-14-18(12-22(29)31)17-7-5-4-6-8-17/h4-11,16,18H,12-15H2,1-3H3,(H2,27,28)/t18-,25-/m0/s1. The topological polar surface area (TPSA) is 79.0 Å². The van der Waals surface area contributed by atoms with Crippen molar-refractivity contribution in [1.29, 1.82) is 0 Å². The molecule has 168 valence electrons. The van der Waals surface area contributed by atoms with Gasteiger partial charge < -0.3 is 10.6 Å². The van der Waals surface area contributed by atoms with Crippen molar-refractivity contribution in [1.82, 2.24) is 4.90 Å². The third-order valence-corrected chi connectivity index (χ3v) is 6.77. The molecule has 0 bridgehead atoms. The van der Waals surface area contributed by atoms with E-state index in [0.29, 0.717) is 24.2 Å². The van der Waals surface area contributed by atoms with Gasteiger partial charge in [0.05, 0.1) is 18.5 Å². The zero-order chi connectivity index (χ0) is 23.0. The summed E-state index contributed by atoms with van der Waals surface area (Å²) in [5.41, 5.74) is 7.59. The Kier molecular flexibility index (Phi) is 5.75. The summed E-state index contributed by atoms with van der Waals surface area (Å²) in [6, 6.07) is 14.5. The highest BCUT2D eigenvalue weighted by Crippen LogP contribution is 2.34. The second-order valence-electron chi connectivity index (χ2n) is 9.23. The lowest BCUT2D eigenvalue weighted by Crippen LogP contribution is -2.51. The van der Waals surface area contributed by atoms with Crippen LogP contribution in [0, 0.1) is 11.7 Å². The van der Waals surface area contributed by atoms with E-state index in [0.717, 1.165) is 5.56 Å². The first-order valence-electron chi connectivity index (χ1n) is 11.0. The number of rotatable bonds is 5. The lowest BCUT2D eigenvalue weighted by atomic mass is 9.84. The van der Waals surface area contributed by atoms with Crippen LogP contribution < -0.4 is 10.6 Å². The van der Waals surface area contributed by atoms with Crippen LogP contribution in [0.5, 0.6) is 0 Å². The fraction of sp³-hybridized carbons (Fsp3) is 0.400. The number of carbonyl (C=O) groups excluding carboxylic acids is 2. The normalized spacial score (nSPS) is 23.8. The molecule has 2 aliphatic rings. The summed E-state index contributed by atoms with van der Waals surface area (Å²) in [6.07, 6.45) is 0.630. The Balaban J connectivity index is 1.56. The summed E-state index contributed by atoms with van der Waals surface area (Å²) in [4.78, 5) is 33.1. The van der Waals surface area contributed by atoms with Gasteiger partial charge in [-0.1, -0.05) is 44.2 Å². The first kappa shape index (κ1) is 22.0. The largest absolute Gasteiger partial charge is 0.369 e. The smallest absolute Gasteiger partial charge is 0.232 e. The minimum atomic E-state index is -0.563. The molecule has 4 rings (SSSR count). The van der Waals surface area contributed by atoms with Crippen molar-refractivity contribution in [3.05, 3.63) is 65.5 Å². The van der Waals surface area contributed by atoms with Crippen molar-refractivity contribution in [2.75, 3.05) is 11.4 Å². The summed E-state index contributed by atoms with van der Waals surface area (Å²) in [5.74, 6) is -0.288. The molecule has 2 atom stereocenters. The molecular weight excluding hydrogens is 407 g/mol. The number of hydrogen-bond donors (Lipinski definition) is 1. The van der Waals surface area contributed by atoms with E-state index >= 15 is 0 Å². The van der Waals surface area contributed by atoms with E-state index in [1.54, 1.807) is 17.0 Å². The second-order valence-corrected chi connectivity index (χ2v) is 9.23. The van der Waals surface area contributed by atoms with E-state index in [2.05, 4.69) is 4.99 Å². The van der Waals surface area contributed by atoms with Gasteiger partial charge in [0.15, 0.2) is 5.96 Å². The molecule has 0 radical (unpaired) electrons. The Hall–Kier alpha value is -3.22. The molecule has 32 heavy (non-hydrogen) atoms. The molecule has 2 aliphatic heterocycles. The number of halogens is 1. The summed E-state index contributed by atoms with van der Waals surface area (Å²) in [5, 5.41) is 0. The van der Waals surface area contributed by atoms with Gasteiger partial charge in [-0.2, -0.15) is 0 Å². The lowest BCUT2D eigenvalue weighted by molar-refractivity contribution is -0.130. The van der Waals surface area contributed by atoms with Crippen LogP contribution >= 0.6 is 0 Å². The molecule has 2 N–H and O–H groups in total. The highest BCUT2D eigenvalue weighted by Gasteiger charge is 2.38. The monoisotopic (exact) mass is 436 g/mol. The van der Waals surface area contributed by atoms with Crippen molar-refractivity contribution in [2.45, 2.75) is 51.6 Å². The molecule has 0 saturated carbocycles. The number of benzene rings is 2. The van der Waals surface area contributed by atoms with Crippen LogP contribution in [0.15, 0.2) is 53.5 Å². The van der Waals surface area contributed by atoms with E-state index < -0.39 is 11.4 Å². The second kappa shape index (κ2) is 8.37. The van der Waals surface area contributed by atoms with Gasteiger partial charge in [-0.3, -0.25) is 14.5 Å². The number of guanidine groups is 1. The van der Waals surface area contributed by atoms with Crippen LogP contribution in [-0.4, -0.2) is 34.8 Å². The number of nitrogens with zero attached hydrogens (tertiary/aromatic N) is 3. The number of amides is 2. The van der Waals surface area contributed by atoms with Crippen molar-refractivity contribution in [3.63, 3.8) is 0 Å². The van der Waals surface area contributed by atoms with E-state index in [1.807, 2.05) is 51.1 Å². The van der Waals surface area contributed by atoms with Crippen LogP contribution in [0.1, 0.15) is 50.7 Å².